The van der Waals surface area contributed by atoms with E-state index in [1.165, 1.54) is 12.0 Å². The van der Waals surface area contributed by atoms with Crippen LogP contribution >= 0.6 is 0 Å². The lowest BCUT2D eigenvalue weighted by molar-refractivity contribution is -0.146. The molecule has 0 unspecified atom stereocenters. The van der Waals surface area contributed by atoms with Crippen molar-refractivity contribution in [1.29, 1.82) is 0 Å². The van der Waals surface area contributed by atoms with Crippen LogP contribution in [0.3, 0.4) is 0 Å². The second-order valence-electron chi connectivity index (χ2n) is 12.4. The van der Waals surface area contributed by atoms with Crippen LogP contribution in [0.4, 0.5) is 0 Å². The predicted octanol–water partition coefficient (Wildman–Crippen LogP) is 0.350. The van der Waals surface area contributed by atoms with E-state index in [0.29, 0.717) is 77.6 Å². The van der Waals surface area contributed by atoms with Crippen LogP contribution in [0.1, 0.15) is 44.2 Å². The van der Waals surface area contributed by atoms with Crippen LogP contribution in [0.2, 0.25) is 0 Å². The first-order valence-corrected chi connectivity index (χ1v) is 17.1. The summed E-state index contributed by atoms with van der Waals surface area (Å²) in [4.78, 5) is 65.5. The predicted molar refractivity (Wildman–Crippen MR) is 172 cm³/mol. The number of aromatic nitrogens is 3. The molecule has 2 bridgehead atoms. The second kappa shape index (κ2) is 20.1. The van der Waals surface area contributed by atoms with Gasteiger partial charge >= 0.3 is 5.97 Å². The lowest BCUT2D eigenvalue weighted by Crippen LogP contribution is -2.35. The molecular weight excluding hydrogens is 640 g/mol. The zero-order valence-electron chi connectivity index (χ0n) is 28.6. The molecule has 3 aliphatic rings. The summed E-state index contributed by atoms with van der Waals surface area (Å²) in [6.45, 7) is 3.66. The number of fused-ring (bicyclic) bond motifs is 5. The van der Waals surface area contributed by atoms with Crippen LogP contribution in [0, 0.1) is 23.7 Å². The summed E-state index contributed by atoms with van der Waals surface area (Å²) < 4.78 is 27.2. The van der Waals surface area contributed by atoms with E-state index in [9.17, 15) is 24.0 Å². The molecular formula is C33H50N6O10. The maximum atomic E-state index is 13.3. The molecule has 4 rings (SSSR count). The lowest BCUT2D eigenvalue weighted by Gasteiger charge is -2.22. The molecule has 4 amide bonds. The Hall–Kier alpha value is -3.73. The van der Waals surface area contributed by atoms with Crippen molar-refractivity contribution in [2.45, 2.75) is 51.6 Å². The molecule has 1 aromatic heterocycles. The summed E-state index contributed by atoms with van der Waals surface area (Å²) in [5.41, 5.74) is 0.587. The van der Waals surface area contributed by atoms with Gasteiger partial charge in [0.2, 0.25) is 23.6 Å². The third-order valence-electron chi connectivity index (χ3n) is 9.02. The Balaban J connectivity index is 1.15. The normalized spacial score (nSPS) is 20.7. The Labute approximate surface area is 286 Å². The van der Waals surface area contributed by atoms with Crippen LogP contribution in [-0.2, 0) is 60.7 Å². The molecule has 0 radical (unpaired) electrons. The molecule has 272 valence electrons. The Morgan fingerprint density at radius 1 is 0.878 bits per heavy atom. The van der Waals surface area contributed by atoms with Gasteiger partial charge in [0.15, 0.2) is 0 Å². The van der Waals surface area contributed by atoms with Crippen molar-refractivity contribution in [3.8, 4) is 0 Å². The summed E-state index contributed by atoms with van der Waals surface area (Å²) in [6.07, 6.45) is 9.18. The van der Waals surface area contributed by atoms with Gasteiger partial charge in [-0.15, -0.1) is 5.10 Å². The van der Waals surface area contributed by atoms with Gasteiger partial charge < -0.3 is 33.9 Å². The molecule has 1 aromatic rings. The minimum Gasteiger partial charge on any atom is -0.467 e. The first-order valence-electron chi connectivity index (χ1n) is 17.1. The molecule has 1 aliphatic heterocycles. The van der Waals surface area contributed by atoms with Gasteiger partial charge in [-0.2, -0.15) is 0 Å². The van der Waals surface area contributed by atoms with E-state index in [2.05, 4.69) is 32.5 Å². The average Bonchev–Trinajstić information content (AvgIpc) is 3.89. The molecule has 4 atom stereocenters. The van der Waals surface area contributed by atoms with Gasteiger partial charge in [-0.25, -0.2) is 9.48 Å². The number of amides is 4. The zero-order valence-corrected chi connectivity index (χ0v) is 28.6. The van der Waals surface area contributed by atoms with Crippen LogP contribution < -0.4 is 5.32 Å². The minimum absolute atomic E-state index is 0.0393. The van der Waals surface area contributed by atoms with Gasteiger partial charge in [-0.1, -0.05) is 23.8 Å². The number of methoxy groups -OCH3 is 2. The molecule has 49 heavy (non-hydrogen) atoms. The fraction of sp³-hybridized carbons (Fsp3) is 0.727. The number of likely N-dealkylation sites (tertiary alicyclic amines) is 1. The van der Waals surface area contributed by atoms with Gasteiger partial charge in [0, 0.05) is 39.6 Å². The van der Waals surface area contributed by atoms with Crippen molar-refractivity contribution >= 4 is 29.6 Å². The summed E-state index contributed by atoms with van der Waals surface area (Å²) in [5, 5.41) is 11.1. The largest absolute Gasteiger partial charge is 0.467 e. The lowest BCUT2D eigenvalue weighted by atomic mass is 9.85. The van der Waals surface area contributed by atoms with E-state index in [1.807, 2.05) is 0 Å². The fourth-order valence-electron chi connectivity index (χ4n) is 6.50. The molecule has 0 aromatic carbocycles. The number of rotatable bonds is 25. The van der Waals surface area contributed by atoms with Gasteiger partial charge in [-0.05, 0) is 31.1 Å². The molecule has 1 N–H and O–H groups in total. The van der Waals surface area contributed by atoms with Crippen LogP contribution in [-0.4, -0.2) is 134 Å². The first-order chi connectivity index (χ1) is 23.8. The Kier molecular flexibility index (Phi) is 15.6. The summed E-state index contributed by atoms with van der Waals surface area (Å²) in [5.74, 6) is -0.788. The van der Waals surface area contributed by atoms with Crippen molar-refractivity contribution in [1.82, 2.24) is 30.1 Å². The number of allylic oxidation sites excluding steroid dienone is 2. The fourth-order valence-corrected chi connectivity index (χ4v) is 6.50. The summed E-state index contributed by atoms with van der Waals surface area (Å²) in [7, 11) is 2.86. The van der Waals surface area contributed by atoms with Gasteiger partial charge in [-0.3, -0.25) is 24.1 Å². The van der Waals surface area contributed by atoms with Crippen molar-refractivity contribution in [3.63, 3.8) is 0 Å². The standard InChI is InChI=1S/C33H50N6O10/c1-45-14-10-34-27(40)9-12-37(21-26-22-38(36-35-26)13-15-47-16-17-48-18-19-49-23-29(42)46-2)28(41)6-4-3-5-11-39-32(43)30-24-7-8-25(20-24)31(30)33(39)44/h7-8,22,24-25,30-31H,3-6,9-21,23H2,1-2H3,(H,34,40)/t24-,25+,30+,31-. The number of imide groups is 1. The Morgan fingerprint density at radius 2 is 1.57 bits per heavy atom. The van der Waals surface area contributed by atoms with Crippen LogP contribution in [0.15, 0.2) is 18.3 Å². The first kappa shape index (κ1) is 38.1. The van der Waals surface area contributed by atoms with Crippen molar-refractivity contribution in [2.75, 3.05) is 80.1 Å². The number of ether oxygens (including phenoxy) is 5. The molecule has 1 saturated carbocycles. The molecule has 2 heterocycles. The Morgan fingerprint density at radius 3 is 2.27 bits per heavy atom. The van der Waals surface area contributed by atoms with Crippen molar-refractivity contribution in [2.24, 2.45) is 23.7 Å². The average molecular weight is 691 g/mol. The highest BCUT2D eigenvalue weighted by atomic mass is 16.6. The van der Waals surface area contributed by atoms with Gasteiger partial charge in [0.25, 0.3) is 0 Å². The van der Waals surface area contributed by atoms with Crippen LogP contribution in [0.5, 0.6) is 0 Å². The molecule has 16 heteroatoms. The third-order valence-corrected chi connectivity index (χ3v) is 9.02. The SMILES string of the molecule is COCCNC(=O)CCN(Cc1cn(CCOCCOCCOCC(=O)OC)nn1)C(=O)CCCCCN1C(=O)[C@@H]2[C@H](C1=O)[C@H]1C=C[C@@H]2C1. The summed E-state index contributed by atoms with van der Waals surface area (Å²) in [6, 6.07) is 0. The van der Waals surface area contributed by atoms with E-state index >= 15 is 0 Å². The number of carbonyl (C=O) groups is 5. The monoisotopic (exact) mass is 690 g/mol. The zero-order chi connectivity index (χ0) is 35.0. The maximum Gasteiger partial charge on any atom is 0.331 e. The molecule has 16 nitrogen and oxygen atoms in total. The van der Waals surface area contributed by atoms with Gasteiger partial charge in [0.1, 0.15) is 12.3 Å². The number of nitrogens with one attached hydrogen (secondary N) is 1. The molecule has 1 saturated heterocycles. The van der Waals surface area contributed by atoms with E-state index in [0.717, 1.165) is 6.42 Å². The van der Waals surface area contributed by atoms with E-state index < -0.39 is 5.97 Å². The molecule has 0 spiro atoms. The van der Waals surface area contributed by atoms with E-state index in [1.54, 1.807) is 22.9 Å². The highest BCUT2D eigenvalue weighted by Gasteiger charge is 2.58. The highest BCUT2D eigenvalue weighted by molar-refractivity contribution is 6.06. The topological polar surface area (TPSA) is 181 Å². The van der Waals surface area contributed by atoms with Crippen molar-refractivity contribution < 1.29 is 47.7 Å². The van der Waals surface area contributed by atoms with E-state index in [4.69, 9.17) is 18.9 Å². The third kappa shape index (κ3) is 11.4. The second-order valence-corrected chi connectivity index (χ2v) is 12.4. The van der Waals surface area contributed by atoms with E-state index in [-0.39, 0.29) is 86.4 Å². The number of unbranched alkanes of at least 4 members (excludes halogenated alkanes) is 2. The number of carbonyl (C=O) groups excluding carboxylic acids is 5. The smallest absolute Gasteiger partial charge is 0.331 e. The van der Waals surface area contributed by atoms with Gasteiger partial charge in [0.05, 0.1) is 77.9 Å². The number of hydrogen-bond acceptors (Lipinski definition) is 12. The minimum atomic E-state index is -0.439. The molecule has 2 fully saturated rings. The molecule has 2 aliphatic carbocycles. The quantitative estimate of drug-likeness (QED) is 0.0645. The Bertz CT molecular complexity index is 1260. The summed E-state index contributed by atoms with van der Waals surface area (Å²) >= 11 is 0. The maximum absolute atomic E-state index is 13.3. The number of nitrogens with zero attached hydrogens (tertiary/aromatic N) is 5. The van der Waals surface area contributed by atoms with Crippen molar-refractivity contribution in [3.05, 3.63) is 24.0 Å². The van der Waals surface area contributed by atoms with Crippen LogP contribution in [0.25, 0.3) is 0 Å². The number of esters is 1. The number of hydrogen-bond donors (Lipinski definition) is 1. The highest BCUT2D eigenvalue weighted by Crippen LogP contribution is 2.52.